The monoisotopic (exact) mass is 392 g/mol. The number of methoxy groups -OCH3 is 1. The van der Waals surface area contributed by atoms with Gasteiger partial charge in [-0.1, -0.05) is 5.92 Å². The van der Waals surface area contributed by atoms with E-state index in [0.717, 1.165) is 0 Å². The summed E-state index contributed by atoms with van der Waals surface area (Å²) >= 11 is 0. The summed E-state index contributed by atoms with van der Waals surface area (Å²) in [6.07, 6.45) is 2.84. The molecule has 5 N–H and O–H groups in total. The molecule has 4 atom stereocenters. The lowest BCUT2D eigenvalue weighted by molar-refractivity contribution is -0.119. The van der Waals surface area contributed by atoms with Crippen molar-refractivity contribution in [1.29, 1.82) is 0 Å². The SMILES string of the molecule is C#CCO[C@@H]1[C@H](O)[C@@H](CO)O[C@H]1n1cnc2c(NC(=O)COC)nc(N)nc21. The average Bonchev–Trinajstić information content (AvgIpc) is 3.21. The van der Waals surface area contributed by atoms with Gasteiger partial charge in [-0.3, -0.25) is 9.36 Å². The number of terminal acetylenes is 1. The van der Waals surface area contributed by atoms with Crippen molar-refractivity contribution in [3.8, 4) is 12.3 Å². The number of rotatable bonds is 7. The number of ether oxygens (including phenoxy) is 3. The van der Waals surface area contributed by atoms with E-state index in [2.05, 4.69) is 26.2 Å². The van der Waals surface area contributed by atoms with Gasteiger partial charge in [-0.15, -0.1) is 6.42 Å². The number of carbonyl (C=O) groups is 1. The molecule has 1 aliphatic heterocycles. The molecule has 28 heavy (non-hydrogen) atoms. The van der Waals surface area contributed by atoms with E-state index in [4.69, 9.17) is 26.4 Å². The van der Waals surface area contributed by atoms with Gasteiger partial charge in [-0.25, -0.2) is 4.98 Å². The highest BCUT2D eigenvalue weighted by molar-refractivity contribution is 5.97. The van der Waals surface area contributed by atoms with Crippen molar-refractivity contribution in [1.82, 2.24) is 19.5 Å². The highest BCUT2D eigenvalue weighted by Gasteiger charge is 2.46. The summed E-state index contributed by atoms with van der Waals surface area (Å²) in [5, 5.41) is 22.3. The third kappa shape index (κ3) is 3.75. The molecule has 0 spiro atoms. The molecule has 12 nitrogen and oxygen atoms in total. The van der Waals surface area contributed by atoms with E-state index in [1.165, 1.54) is 18.0 Å². The highest BCUT2D eigenvalue weighted by Crippen LogP contribution is 2.34. The van der Waals surface area contributed by atoms with Crippen molar-refractivity contribution in [3.63, 3.8) is 0 Å². The second-order valence-corrected chi connectivity index (χ2v) is 5.95. The molecule has 0 aromatic carbocycles. The molecule has 2 aromatic heterocycles. The topological polar surface area (TPSA) is 167 Å². The maximum absolute atomic E-state index is 11.8. The van der Waals surface area contributed by atoms with Crippen LogP contribution in [0, 0.1) is 12.3 Å². The summed E-state index contributed by atoms with van der Waals surface area (Å²) in [5.41, 5.74) is 6.25. The third-order valence-corrected chi connectivity index (χ3v) is 4.10. The number of nitrogen functional groups attached to an aromatic ring is 1. The van der Waals surface area contributed by atoms with E-state index in [1.807, 2.05) is 0 Å². The summed E-state index contributed by atoms with van der Waals surface area (Å²) < 4.78 is 17.5. The van der Waals surface area contributed by atoms with Crippen LogP contribution in [0.25, 0.3) is 11.2 Å². The number of hydrogen-bond donors (Lipinski definition) is 4. The molecule has 0 unspecified atom stereocenters. The van der Waals surface area contributed by atoms with Crippen LogP contribution in [0.15, 0.2) is 6.33 Å². The number of aliphatic hydroxyl groups is 2. The maximum Gasteiger partial charge on any atom is 0.251 e. The minimum Gasteiger partial charge on any atom is -0.394 e. The molecule has 150 valence electrons. The lowest BCUT2D eigenvalue weighted by Gasteiger charge is -2.21. The molecule has 2 aromatic rings. The standard InChI is InChI=1S/C16H20N6O6/c1-3-4-27-12-11(25)8(5-23)28-15(12)22-7-18-10-13(19-9(24)6-26-2)20-16(17)21-14(10)22/h1,7-8,11-12,15,23,25H,4-6H2,2H3,(H3,17,19,20,21,24)/t8-,11-,12-,15-/m1/s1. The van der Waals surface area contributed by atoms with E-state index in [0.29, 0.717) is 0 Å². The molecule has 0 saturated carbocycles. The fourth-order valence-electron chi connectivity index (χ4n) is 2.92. The Morgan fingerprint density at radius 1 is 1.54 bits per heavy atom. The predicted octanol–water partition coefficient (Wildman–Crippen LogP) is -1.74. The van der Waals surface area contributed by atoms with Crippen LogP contribution in [0.1, 0.15) is 6.23 Å². The van der Waals surface area contributed by atoms with E-state index in [9.17, 15) is 15.0 Å². The van der Waals surface area contributed by atoms with Crippen LogP contribution >= 0.6 is 0 Å². The molecule has 12 heteroatoms. The summed E-state index contributed by atoms with van der Waals surface area (Å²) in [7, 11) is 1.38. The molecule has 3 heterocycles. The number of fused-ring (bicyclic) bond motifs is 1. The Kier molecular flexibility index (Phi) is 6.02. The number of carbonyl (C=O) groups excluding carboxylic acids is 1. The smallest absolute Gasteiger partial charge is 0.251 e. The number of imidazole rings is 1. The molecule has 0 bridgehead atoms. The molecular formula is C16H20N6O6. The van der Waals surface area contributed by atoms with Gasteiger partial charge in [0.05, 0.1) is 12.9 Å². The third-order valence-electron chi connectivity index (χ3n) is 4.10. The summed E-state index contributed by atoms with van der Waals surface area (Å²) in [6, 6.07) is 0. The number of nitrogens with two attached hydrogens (primary N) is 1. The molecule has 0 aliphatic carbocycles. The maximum atomic E-state index is 11.8. The van der Waals surface area contributed by atoms with Gasteiger partial charge < -0.3 is 35.5 Å². The highest BCUT2D eigenvalue weighted by atomic mass is 16.6. The molecule has 1 aliphatic rings. The lowest BCUT2D eigenvalue weighted by Crippen LogP contribution is -2.35. The normalized spacial score (nSPS) is 24.4. The first-order valence-corrected chi connectivity index (χ1v) is 8.28. The molecule has 0 radical (unpaired) electrons. The van der Waals surface area contributed by atoms with Gasteiger partial charge in [0.1, 0.15) is 31.5 Å². The van der Waals surface area contributed by atoms with Crippen molar-refractivity contribution in [3.05, 3.63) is 6.33 Å². The van der Waals surface area contributed by atoms with Crippen molar-refractivity contribution < 1.29 is 29.2 Å². The van der Waals surface area contributed by atoms with E-state index in [1.54, 1.807) is 0 Å². The van der Waals surface area contributed by atoms with Gasteiger partial charge in [0.15, 0.2) is 23.2 Å². The van der Waals surface area contributed by atoms with Crippen molar-refractivity contribution >= 4 is 28.8 Å². The van der Waals surface area contributed by atoms with Crippen molar-refractivity contribution in [2.75, 3.05) is 38.0 Å². The van der Waals surface area contributed by atoms with E-state index >= 15 is 0 Å². The van der Waals surface area contributed by atoms with Crippen LogP contribution < -0.4 is 11.1 Å². The zero-order chi connectivity index (χ0) is 20.3. The van der Waals surface area contributed by atoms with E-state index in [-0.39, 0.29) is 36.1 Å². The Labute approximate surface area is 159 Å². The second kappa shape index (κ2) is 8.46. The second-order valence-electron chi connectivity index (χ2n) is 5.95. The Hall–Kier alpha value is -2.82. The molecule has 1 amide bonds. The minimum absolute atomic E-state index is 0.0676. The number of amides is 1. The quantitative estimate of drug-likeness (QED) is 0.397. The lowest BCUT2D eigenvalue weighted by atomic mass is 10.1. The summed E-state index contributed by atoms with van der Waals surface area (Å²) in [4.78, 5) is 24.2. The number of nitrogens with one attached hydrogen (secondary N) is 1. The number of anilines is 2. The number of nitrogens with zero attached hydrogens (tertiary/aromatic N) is 4. The predicted molar refractivity (Wildman–Crippen MR) is 95.8 cm³/mol. The van der Waals surface area contributed by atoms with Crippen LogP contribution in [-0.2, 0) is 19.0 Å². The number of aromatic nitrogens is 4. The first kappa shape index (κ1) is 19.9. The van der Waals surface area contributed by atoms with Gasteiger partial charge in [-0.2, -0.15) is 9.97 Å². The van der Waals surface area contributed by atoms with Crippen LogP contribution in [0.4, 0.5) is 11.8 Å². The van der Waals surface area contributed by atoms with Crippen molar-refractivity contribution in [2.24, 2.45) is 0 Å². The largest absolute Gasteiger partial charge is 0.394 e. The van der Waals surface area contributed by atoms with Crippen LogP contribution in [0.2, 0.25) is 0 Å². The van der Waals surface area contributed by atoms with Crippen molar-refractivity contribution in [2.45, 2.75) is 24.5 Å². The van der Waals surface area contributed by atoms with Crippen LogP contribution in [-0.4, -0.2) is 80.9 Å². The van der Waals surface area contributed by atoms with Crippen LogP contribution in [0.5, 0.6) is 0 Å². The molecule has 1 saturated heterocycles. The molecular weight excluding hydrogens is 372 g/mol. The van der Waals surface area contributed by atoms with Gasteiger partial charge in [-0.05, 0) is 0 Å². The Morgan fingerprint density at radius 2 is 2.32 bits per heavy atom. The number of hydrogen-bond acceptors (Lipinski definition) is 10. The van der Waals surface area contributed by atoms with E-state index < -0.39 is 37.1 Å². The Morgan fingerprint density at radius 3 is 3.00 bits per heavy atom. The summed E-state index contributed by atoms with van der Waals surface area (Å²) in [6.45, 7) is -0.665. The molecule has 1 fully saturated rings. The first-order valence-electron chi connectivity index (χ1n) is 8.28. The molecule has 3 rings (SSSR count). The zero-order valence-electron chi connectivity index (χ0n) is 15.0. The zero-order valence-corrected chi connectivity index (χ0v) is 15.0. The van der Waals surface area contributed by atoms with Gasteiger partial charge >= 0.3 is 0 Å². The minimum atomic E-state index is -1.12. The Balaban J connectivity index is 2.00. The van der Waals surface area contributed by atoms with Gasteiger partial charge in [0, 0.05) is 7.11 Å². The van der Waals surface area contributed by atoms with Gasteiger partial charge in [0.25, 0.3) is 5.91 Å². The number of aliphatic hydroxyl groups excluding tert-OH is 2. The first-order chi connectivity index (χ1) is 13.5. The Bertz CT molecular complexity index is 896. The summed E-state index contributed by atoms with van der Waals surface area (Å²) in [5.74, 6) is 1.86. The average molecular weight is 392 g/mol. The fourth-order valence-corrected chi connectivity index (χ4v) is 2.92. The fraction of sp³-hybridized carbons (Fsp3) is 0.500. The van der Waals surface area contributed by atoms with Crippen LogP contribution in [0.3, 0.4) is 0 Å². The van der Waals surface area contributed by atoms with Gasteiger partial charge in [0.2, 0.25) is 5.95 Å².